The van der Waals surface area contributed by atoms with E-state index in [0.717, 1.165) is 44.9 Å². The Bertz CT molecular complexity index is 1670. The van der Waals surface area contributed by atoms with E-state index in [0.29, 0.717) is 31.6 Å². The molecule has 0 aliphatic carbocycles. The molecule has 1 aromatic carbocycles. The number of rotatable bonds is 26. The number of aliphatic hydroxyl groups is 1. The first-order valence-corrected chi connectivity index (χ1v) is 20.4. The lowest BCUT2D eigenvalue weighted by Gasteiger charge is -2.28. The molecule has 5 atom stereocenters. The molecule has 1 aromatic heterocycles. The van der Waals surface area contributed by atoms with Crippen molar-refractivity contribution < 1.29 is 38.7 Å². The van der Waals surface area contributed by atoms with Crippen molar-refractivity contribution in [3.63, 3.8) is 0 Å². The molecule has 320 valence electrons. The molecule has 1 aliphatic heterocycles. The largest absolute Gasteiger partial charge is 0.394 e. The van der Waals surface area contributed by atoms with E-state index in [2.05, 4.69) is 50.5 Å². The summed E-state index contributed by atoms with van der Waals surface area (Å²) in [6, 6.07) is 4.46. The van der Waals surface area contributed by atoms with E-state index in [1.165, 1.54) is 17.4 Å². The fourth-order valence-corrected chi connectivity index (χ4v) is 7.07. The molecule has 1 fully saturated rings. The number of nitrogens with two attached hydrogens (primary N) is 2. The lowest BCUT2D eigenvalue weighted by atomic mass is 10.0. The number of unbranched alkanes of at least 4 members (excludes halogenated alkanes) is 5. The number of hydrogen-bond acceptors (Lipinski definition) is 9. The third-order valence-corrected chi connectivity index (χ3v) is 10.3. The van der Waals surface area contributed by atoms with Crippen molar-refractivity contribution >= 4 is 41.4 Å². The fraction of sp³-hybridized carbons (Fsp3) is 0.610. The molecule has 7 amide bonds. The van der Waals surface area contributed by atoms with Crippen LogP contribution in [0.25, 0.3) is 0 Å². The maximum Gasteiger partial charge on any atom is 0.245 e. The van der Waals surface area contributed by atoms with Gasteiger partial charge in [0, 0.05) is 44.7 Å². The fourth-order valence-electron chi connectivity index (χ4n) is 7.07. The third-order valence-electron chi connectivity index (χ3n) is 10.3. The maximum atomic E-state index is 14.0. The monoisotopic (exact) mass is 809 g/mol. The molecule has 3 rings (SSSR count). The summed E-state index contributed by atoms with van der Waals surface area (Å²) in [5, 5.41) is 20.5. The van der Waals surface area contributed by atoms with Crippen molar-refractivity contribution in [1.82, 2.24) is 35.7 Å². The number of benzene rings is 1. The molecule has 17 nitrogen and oxygen atoms in total. The minimum atomic E-state index is -1.56. The van der Waals surface area contributed by atoms with Gasteiger partial charge in [0.15, 0.2) is 0 Å². The lowest BCUT2D eigenvalue weighted by Crippen LogP contribution is -2.60. The van der Waals surface area contributed by atoms with E-state index in [4.69, 9.17) is 11.5 Å². The highest BCUT2D eigenvalue weighted by atomic mass is 16.3. The molecule has 0 bridgehead atoms. The summed E-state index contributed by atoms with van der Waals surface area (Å²) in [5.74, 6) is -4.85. The van der Waals surface area contributed by atoms with Crippen LogP contribution >= 0.6 is 0 Å². The van der Waals surface area contributed by atoms with Gasteiger partial charge in [-0.05, 0) is 56.4 Å². The number of nitrogens with one attached hydrogen (secondary N) is 4. The first-order valence-electron chi connectivity index (χ1n) is 20.4. The SMILES string of the molecule is CC(=O)N1CCC[C@H]1C(=O)N[C@@H](CC(C)C)C(=O)N[C@@H](Cc1cncn1CCCCCCCCc1ccccc1)C(=O)N[C@@H](CO)C(=O)N[C@@H](CCC(N)=O)C(N)=O. The average Bonchev–Trinajstić information content (AvgIpc) is 3.86. The Morgan fingerprint density at radius 1 is 0.828 bits per heavy atom. The van der Waals surface area contributed by atoms with Crippen LogP contribution in [-0.4, -0.2) is 104 Å². The number of hydrogen-bond donors (Lipinski definition) is 7. The lowest BCUT2D eigenvalue weighted by molar-refractivity contribution is -0.138. The normalized spacial score (nSPS) is 15.9. The molecule has 9 N–H and O–H groups in total. The predicted octanol–water partition coefficient (Wildman–Crippen LogP) is 0.748. The van der Waals surface area contributed by atoms with Gasteiger partial charge in [0.1, 0.15) is 30.2 Å². The number of carbonyl (C=O) groups excluding carboxylic acids is 7. The number of aliphatic hydroxyl groups excluding tert-OH is 1. The molecule has 1 aliphatic rings. The van der Waals surface area contributed by atoms with Crippen molar-refractivity contribution in [1.29, 1.82) is 0 Å². The number of aromatic nitrogens is 2. The van der Waals surface area contributed by atoms with Gasteiger partial charge in [0.2, 0.25) is 41.4 Å². The van der Waals surface area contributed by atoms with Crippen molar-refractivity contribution in [2.45, 2.75) is 141 Å². The zero-order valence-corrected chi connectivity index (χ0v) is 34.1. The number of primary amides is 2. The first kappa shape index (κ1) is 47.1. The Balaban J connectivity index is 1.73. The molecule has 0 spiro atoms. The summed E-state index contributed by atoms with van der Waals surface area (Å²) in [4.78, 5) is 95.7. The molecule has 0 unspecified atom stereocenters. The number of carbonyl (C=O) groups is 7. The van der Waals surface area contributed by atoms with E-state index in [-0.39, 0.29) is 37.5 Å². The molecule has 17 heteroatoms. The Kier molecular flexibility index (Phi) is 19.8. The molecule has 2 aromatic rings. The van der Waals surface area contributed by atoms with Crippen molar-refractivity contribution in [2.24, 2.45) is 17.4 Å². The number of amides is 7. The van der Waals surface area contributed by atoms with Crippen molar-refractivity contribution in [3.8, 4) is 0 Å². The Hall–Kier alpha value is -5.32. The summed E-state index contributed by atoms with van der Waals surface area (Å²) in [5.41, 5.74) is 12.5. The Labute approximate surface area is 340 Å². The van der Waals surface area contributed by atoms with Gasteiger partial charge in [-0.25, -0.2) is 4.98 Å². The zero-order valence-electron chi connectivity index (χ0n) is 34.1. The summed E-state index contributed by atoms with van der Waals surface area (Å²) >= 11 is 0. The molecule has 2 heterocycles. The Morgan fingerprint density at radius 2 is 1.45 bits per heavy atom. The molecule has 58 heavy (non-hydrogen) atoms. The van der Waals surface area contributed by atoms with E-state index in [1.807, 2.05) is 24.5 Å². The summed E-state index contributed by atoms with van der Waals surface area (Å²) in [6.07, 6.45) is 11.4. The zero-order chi connectivity index (χ0) is 42.6. The standard InChI is InChI=1S/C41H63N9O8/c1-27(2)22-32(47-41(58)35-17-13-21-50(35)28(3)52)38(55)46-33(39(56)48-34(25-51)40(57)45-31(37(43)54)18-19-36(42)53)23-30-24-44-26-49(30)20-12-7-5-4-6-9-14-29-15-10-8-11-16-29/h8,10-11,15-16,24,26-27,31-35,51H,4-7,9,12-14,17-23,25H2,1-3H3,(H2,42,53)(H2,43,54)(H,45,57)(H,46,55)(H,47,58)(H,48,56)/t31-,32-,33-,34-,35-/m0/s1. The minimum Gasteiger partial charge on any atom is -0.394 e. The number of likely N-dealkylation sites (tertiary alicyclic amines) is 1. The van der Waals surface area contributed by atoms with Crippen LogP contribution in [0.4, 0.5) is 0 Å². The Morgan fingerprint density at radius 3 is 2.09 bits per heavy atom. The number of nitrogens with zero attached hydrogens (tertiary/aromatic N) is 3. The maximum absolute atomic E-state index is 14.0. The first-order chi connectivity index (χ1) is 27.7. The molecular weight excluding hydrogens is 747 g/mol. The van der Waals surface area contributed by atoms with Gasteiger partial charge in [-0.15, -0.1) is 0 Å². The van der Waals surface area contributed by atoms with Crippen LogP contribution in [0.1, 0.15) is 103 Å². The van der Waals surface area contributed by atoms with Gasteiger partial charge in [-0.2, -0.15) is 0 Å². The quantitative estimate of drug-likeness (QED) is 0.0661. The van der Waals surface area contributed by atoms with Gasteiger partial charge in [-0.3, -0.25) is 33.6 Å². The van der Waals surface area contributed by atoms with Gasteiger partial charge in [0.25, 0.3) is 0 Å². The van der Waals surface area contributed by atoms with Crippen molar-refractivity contribution in [3.05, 3.63) is 54.1 Å². The highest BCUT2D eigenvalue weighted by Gasteiger charge is 2.36. The molecule has 0 saturated carbocycles. The van der Waals surface area contributed by atoms with Crippen LogP contribution in [0.5, 0.6) is 0 Å². The van der Waals surface area contributed by atoms with Gasteiger partial charge < -0.3 is 47.3 Å². The smallest absolute Gasteiger partial charge is 0.245 e. The van der Waals surface area contributed by atoms with Gasteiger partial charge in [-0.1, -0.05) is 69.9 Å². The van der Waals surface area contributed by atoms with Crippen LogP contribution in [0.2, 0.25) is 0 Å². The third kappa shape index (κ3) is 15.9. The number of imidazole rings is 1. The van der Waals surface area contributed by atoms with E-state index >= 15 is 0 Å². The second kappa shape index (κ2) is 24.5. The summed E-state index contributed by atoms with van der Waals surface area (Å²) in [7, 11) is 0. The summed E-state index contributed by atoms with van der Waals surface area (Å²) in [6.45, 7) is 5.33. The molecular formula is C41H63N9O8. The number of aryl methyl sites for hydroxylation is 2. The van der Waals surface area contributed by atoms with Crippen LogP contribution < -0.4 is 32.7 Å². The van der Waals surface area contributed by atoms with E-state index in [1.54, 1.807) is 12.5 Å². The second-order valence-corrected chi connectivity index (χ2v) is 15.5. The van der Waals surface area contributed by atoms with Crippen LogP contribution in [0.3, 0.4) is 0 Å². The minimum absolute atomic E-state index is 0.0451. The van der Waals surface area contributed by atoms with E-state index in [9.17, 15) is 38.7 Å². The van der Waals surface area contributed by atoms with Crippen molar-refractivity contribution in [2.75, 3.05) is 13.2 Å². The molecule has 1 saturated heterocycles. The average molecular weight is 810 g/mol. The van der Waals surface area contributed by atoms with E-state index < -0.39 is 72.3 Å². The molecule has 0 radical (unpaired) electrons. The van der Waals surface area contributed by atoms with Gasteiger partial charge >= 0.3 is 0 Å². The second-order valence-electron chi connectivity index (χ2n) is 15.5. The topological polar surface area (TPSA) is 261 Å². The highest BCUT2D eigenvalue weighted by Crippen LogP contribution is 2.19. The highest BCUT2D eigenvalue weighted by molar-refractivity contribution is 5.96. The van der Waals surface area contributed by atoms with Crippen LogP contribution in [0, 0.1) is 5.92 Å². The van der Waals surface area contributed by atoms with Crippen LogP contribution in [-0.2, 0) is 52.9 Å². The predicted molar refractivity (Wildman–Crippen MR) is 216 cm³/mol. The van der Waals surface area contributed by atoms with Crippen LogP contribution in [0.15, 0.2) is 42.9 Å². The summed E-state index contributed by atoms with van der Waals surface area (Å²) < 4.78 is 1.90. The van der Waals surface area contributed by atoms with Gasteiger partial charge in [0.05, 0.1) is 12.9 Å².